The molecule has 7 heteroatoms. The lowest BCUT2D eigenvalue weighted by atomic mass is 10.2. The summed E-state index contributed by atoms with van der Waals surface area (Å²) in [4.78, 5) is 22.4. The third-order valence-electron chi connectivity index (χ3n) is 1.60. The smallest absolute Gasteiger partial charge is 0.285 e. The Balaban J connectivity index is 3.53. The topological polar surface area (TPSA) is 76.0 Å². The minimum absolute atomic E-state index is 0.172. The van der Waals surface area contributed by atoms with Crippen LogP contribution >= 0.6 is 0 Å². The van der Waals surface area contributed by atoms with Crippen LogP contribution in [0.5, 0.6) is 0 Å². The van der Waals surface area contributed by atoms with Gasteiger partial charge in [0.1, 0.15) is 0 Å². The summed E-state index contributed by atoms with van der Waals surface area (Å²) in [6.07, 6.45) is -3.15. The predicted molar refractivity (Wildman–Crippen MR) is 43.4 cm³/mol. The molecule has 0 aromatic carbocycles. The van der Waals surface area contributed by atoms with Crippen LogP contribution in [0.25, 0.3) is 0 Å². The number of halogens is 2. The van der Waals surface area contributed by atoms with Crippen molar-refractivity contribution < 1.29 is 13.7 Å². The molecule has 0 unspecified atom stereocenters. The van der Waals surface area contributed by atoms with Crippen molar-refractivity contribution >= 4 is 5.69 Å². The molecule has 14 heavy (non-hydrogen) atoms. The van der Waals surface area contributed by atoms with Crippen molar-refractivity contribution in [2.75, 3.05) is 0 Å². The lowest BCUT2D eigenvalue weighted by molar-refractivity contribution is -0.386. The van der Waals surface area contributed by atoms with E-state index in [1.54, 1.807) is 0 Å². The van der Waals surface area contributed by atoms with Crippen LogP contribution in [0.15, 0.2) is 10.9 Å². The maximum Gasteiger partial charge on any atom is 0.285 e. The average molecular weight is 204 g/mol. The fraction of sp³-hybridized carbons (Fsp3) is 0.286. The second-order valence-corrected chi connectivity index (χ2v) is 2.64. The minimum atomic E-state index is -3.15. The highest BCUT2D eigenvalue weighted by molar-refractivity contribution is 5.40. The number of aromatic nitrogens is 1. The van der Waals surface area contributed by atoms with Crippen molar-refractivity contribution in [3.8, 4) is 0 Å². The fourth-order valence-electron chi connectivity index (χ4n) is 1.04. The molecule has 0 aliphatic carbocycles. The first-order valence-electron chi connectivity index (χ1n) is 3.60. The number of aromatic amines is 1. The van der Waals surface area contributed by atoms with Crippen LogP contribution in [-0.2, 0) is 0 Å². The molecule has 0 saturated heterocycles. The van der Waals surface area contributed by atoms with Gasteiger partial charge in [0, 0.05) is 11.8 Å². The van der Waals surface area contributed by atoms with E-state index < -0.39 is 28.2 Å². The molecule has 0 fully saturated rings. The Labute approximate surface area is 76.5 Å². The van der Waals surface area contributed by atoms with Gasteiger partial charge >= 0.3 is 0 Å². The second-order valence-electron chi connectivity index (χ2n) is 2.64. The van der Waals surface area contributed by atoms with E-state index in [0.717, 1.165) is 6.07 Å². The molecule has 0 radical (unpaired) electrons. The lowest BCUT2D eigenvalue weighted by Gasteiger charge is -2.01. The summed E-state index contributed by atoms with van der Waals surface area (Å²) in [5.41, 5.74) is -2.89. The first kappa shape index (κ1) is 10.3. The molecule has 0 aliphatic rings. The second kappa shape index (κ2) is 3.52. The van der Waals surface area contributed by atoms with Crippen molar-refractivity contribution in [1.29, 1.82) is 0 Å². The minimum Gasteiger partial charge on any atom is -0.326 e. The highest BCUT2D eigenvalue weighted by Gasteiger charge is 2.25. The number of rotatable bonds is 2. The number of nitrogens with one attached hydrogen (secondary N) is 1. The number of hydrogen-bond acceptors (Lipinski definition) is 3. The van der Waals surface area contributed by atoms with E-state index in [-0.39, 0.29) is 5.69 Å². The van der Waals surface area contributed by atoms with E-state index in [4.69, 9.17) is 0 Å². The number of nitro groups is 1. The van der Waals surface area contributed by atoms with Crippen LogP contribution in [0.1, 0.15) is 17.7 Å². The van der Waals surface area contributed by atoms with Crippen molar-refractivity contribution in [2.45, 2.75) is 13.3 Å². The van der Waals surface area contributed by atoms with Gasteiger partial charge < -0.3 is 4.98 Å². The summed E-state index contributed by atoms with van der Waals surface area (Å²) < 4.78 is 24.5. The summed E-state index contributed by atoms with van der Waals surface area (Å²) in [6.45, 7) is 1.38. The molecule has 1 heterocycles. The van der Waals surface area contributed by atoms with Gasteiger partial charge in [-0.15, -0.1) is 0 Å². The molecule has 0 spiro atoms. The highest BCUT2D eigenvalue weighted by Crippen LogP contribution is 2.25. The van der Waals surface area contributed by atoms with Gasteiger partial charge in [-0.3, -0.25) is 14.9 Å². The van der Waals surface area contributed by atoms with E-state index in [1.165, 1.54) is 6.92 Å². The van der Waals surface area contributed by atoms with Gasteiger partial charge in [-0.25, -0.2) is 8.78 Å². The Hall–Kier alpha value is -1.79. The number of aryl methyl sites for hydroxylation is 1. The fourth-order valence-corrected chi connectivity index (χ4v) is 1.04. The molecular weight excluding hydrogens is 198 g/mol. The molecule has 1 rings (SSSR count). The number of pyridine rings is 1. The van der Waals surface area contributed by atoms with Crippen LogP contribution in [0.3, 0.4) is 0 Å². The van der Waals surface area contributed by atoms with Gasteiger partial charge in [-0.2, -0.15) is 0 Å². The zero-order chi connectivity index (χ0) is 10.9. The molecule has 76 valence electrons. The SMILES string of the molecule is Cc1cc([N+](=O)[O-])c(C(F)F)c(=O)[nH]1. The maximum atomic E-state index is 12.3. The first-order chi connectivity index (χ1) is 6.43. The molecule has 1 aromatic heterocycles. The largest absolute Gasteiger partial charge is 0.326 e. The third kappa shape index (κ3) is 1.76. The Morgan fingerprint density at radius 2 is 2.14 bits per heavy atom. The summed E-state index contributed by atoms with van der Waals surface area (Å²) in [5.74, 6) is 0. The Bertz CT molecular complexity index is 427. The van der Waals surface area contributed by atoms with Crippen molar-refractivity contribution in [3.05, 3.63) is 37.8 Å². The Morgan fingerprint density at radius 3 is 2.57 bits per heavy atom. The van der Waals surface area contributed by atoms with Gasteiger partial charge in [0.2, 0.25) is 0 Å². The van der Waals surface area contributed by atoms with Crippen molar-refractivity contribution in [3.63, 3.8) is 0 Å². The van der Waals surface area contributed by atoms with Gasteiger partial charge in [0.15, 0.2) is 5.56 Å². The Morgan fingerprint density at radius 1 is 1.57 bits per heavy atom. The molecule has 0 atom stereocenters. The molecule has 1 N–H and O–H groups in total. The molecule has 0 amide bonds. The van der Waals surface area contributed by atoms with E-state index in [0.29, 0.717) is 0 Å². The number of H-pyrrole nitrogens is 1. The zero-order valence-electron chi connectivity index (χ0n) is 7.08. The van der Waals surface area contributed by atoms with Crippen LogP contribution in [0, 0.1) is 17.0 Å². The molecule has 0 aliphatic heterocycles. The van der Waals surface area contributed by atoms with Crippen molar-refractivity contribution in [2.24, 2.45) is 0 Å². The van der Waals surface area contributed by atoms with Gasteiger partial charge in [0.05, 0.1) is 4.92 Å². The standard InChI is InChI=1S/C7H6F2N2O3/c1-3-2-4(11(13)14)5(6(8)9)7(12)10-3/h2,6H,1H3,(H,10,12). The maximum absolute atomic E-state index is 12.3. The van der Waals surface area contributed by atoms with Crippen LogP contribution in [-0.4, -0.2) is 9.91 Å². The van der Waals surface area contributed by atoms with E-state index in [1.807, 2.05) is 0 Å². The number of hydrogen-bond donors (Lipinski definition) is 1. The number of nitrogens with zero attached hydrogens (tertiary/aromatic N) is 1. The van der Waals surface area contributed by atoms with E-state index in [9.17, 15) is 23.7 Å². The van der Waals surface area contributed by atoms with Gasteiger partial charge in [-0.1, -0.05) is 0 Å². The molecule has 0 saturated carbocycles. The van der Waals surface area contributed by atoms with Crippen LogP contribution in [0.2, 0.25) is 0 Å². The van der Waals surface area contributed by atoms with Gasteiger partial charge in [-0.05, 0) is 6.92 Å². The quantitative estimate of drug-likeness (QED) is 0.586. The van der Waals surface area contributed by atoms with Crippen LogP contribution < -0.4 is 5.56 Å². The average Bonchev–Trinajstić information content (AvgIpc) is 2.01. The third-order valence-corrected chi connectivity index (χ3v) is 1.60. The molecular formula is C7H6F2N2O3. The van der Waals surface area contributed by atoms with Gasteiger partial charge in [0.25, 0.3) is 17.7 Å². The van der Waals surface area contributed by atoms with E-state index >= 15 is 0 Å². The molecule has 1 aromatic rings. The molecule has 0 bridgehead atoms. The van der Waals surface area contributed by atoms with Crippen molar-refractivity contribution in [1.82, 2.24) is 4.98 Å². The zero-order valence-corrected chi connectivity index (χ0v) is 7.08. The number of alkyl halides is 2. The molecule has 5 nitrogen and oxygen atoms in total. The summed E-state index contributed by atoms with van der Waals surface area (Å²) in [6, 6.07) is 0.906. The first-order valence-corrected chi connectivity index (χ1v) is 3.60. The summed E-state index contributed by atoms with van der Waals surface area (Å²) in [5, 5.41) is 10.4. The monoisotopic (exact) mass is 204 g/mol. The highest BCUT2D eigenvalue weighted by atomic mass is 19.3. The van der Waals surface area contributed by atoms with Crippen LogP contribution in [0.4, 0.5) is 14.5 Å². The summed E-state index contributed by atoms with van der Waals surface area (Å²) >= 11 is 0. The Kier molecular flexibility index (Phi) is 2.59. The predicted octanol–water partition coefficient (Wildman–Crippen LogP) is 1.53. The normalized spacial score (nSPS) is 10.6. The van der Waals surface area contributed by atoms with E-state index in [2.05, 4.69) is 4.98 Å². The summed E-state index contributed by atoms with van der Waals surface area (Å²) in [7, 11) is 0. The lowest BCUT2D eigenvalue weighted by Crippen LogP contribution is -2.16.